The summed E-state index contributed by atoms with van der Waals surface area (Å²) < 4.78 is 12.3. The number of hydrogen-bond acceptors (Lipinski definition) is 6. The summed E-state index contributed by atoms with van der Waals surface area (Å²) in [4.78, 5) is 7.47. The van der Waals surface area contributed by atoms with E-state index in [9.17, 15) is 0 Å². The number of rotatable bonds is 28. The summed E-state index contributed by atoms with van der Waals surface area (Å²) >= 11 is 7.20. The summed E-state index contributed by atoms with van der Waals surface area (Å²) in [5.74, 6) is 16.1. The van der Waals surface area contributed by atoms with Crippen LogP contribution in [0.3, 0.4) is 0 Å². The molecule has 0 unspecified atom stereocenters. The molecule has 0 radical (unpaired) electrons. The molecule has 68 heavy (non-hydrogen) atoms. The Hall–Kier alpha value is -4.82. The fourth-order valence-electron chi connectivity index (χ4n) is 8.39. The van der Waals surface area contributed by atoms with Crippen LogP contribution in [-0.4, -0.2) is 13.2 Å². The van der Waals surface area contributed by atoms with Gasteiger partial charge >= 0.3 is 0 Å². The summed E-state index contributed by atoms with van der Waals surface area (Å²) in [6, 6.07) is 38.8. The number of hydrogen-bond donors (Lipinski definition) is 0. The lowest BCUT2D eigenvalue weighted by Crippen LogP contribution is -1.97. The molecule has 2 nitrogen and oxygen atoms in total. The number of unbranched alkanes of at least 4 members (excludes halogenated alkanes) is 18. The van der Waals surface area contributed by atoms with Crippen molar-refractivity contribution < 1.29 is 9.47 Å². The van der Waals surface area contributed by atoms with Gasteiger partial charge in [-0.1, -0.05) is 165 Å². The van der Waals surface area contributed by atoms with Gasteiger partial charge in [0.05, 0.1) is 13.2 Å². The summed E-state index contributed by atoms with van der Waals surface area (Å²) in [7, 11) is 0. The Kier molecular flexibility index (Phi) is 22.0. The van der Waals surface area contributed by atoms with Crippen LogP contribution in [0.2, 0.25) is 0 Å². The van der Waals surface area contributed by atoms with E-state index in [4.69, 9.17) is 9.47 Å². The third-order valence-electron chi connectivity index (χ3n) is 12.4. The second-order valence-corrected chi connectivity index (χ2v) is 21.9. The normalized spacial score (nSPS) is 11.0. The van der Waals surface area contributed by atoms with Gasteiger partial charge in [0, 0.05) is 62.6 Å². The highest BCUT2D eigenvalue weighted by Crippen LogP contribution is 2.43. The van der Waals surface area contributed by atoms with Gasteiger partial charge < -0.3 is 9.47 Å². The van der Waals surface area contributed by atoms with Crippen LogP contribution in [0, 0.1) is 23.7 Å². The molecule has 6 heteroatoms. The van der Waals surface area contributed by atoms with Gasteiger partial charge in [0.25, 0.3) is 0 Å². The van der Waals surface area contributed by atoms with Crippen LogP contribution in [0.15, 0.2) is 120 Å². The molecule has 0 aliphatic carbocycles. The maximum Gasteiger partial charge on any atom is 0.119 e. The van der Waals surface area contributed by atoms with Crippen LogP contribution in [0.4, 0.5) is 0 Å². The van der Waals surface area contributed by atoms with Crippen molar-refractivity contribution in [1.82, 2.24) is 0 Å². The molecule has 354 valence electrons. The Morgan fingerprint density at radius 3 is 1.09 bits per heavy atom. The molecule has 0 amide bonds. The van der Waals surface area contributed by atoms with Gasteiger partial charge in [-0.25, -0.2) is 0 Å². The predicted octanol–water partition coefficient (Wildman–Crippen LogP) is 20.0. The Bertz CT molecular complexity index is 2430. The van der Waals surface area contributed by atoms with Gasteiger partial charge in [0.15, 0.2) is 0 Å². The molecule has 0 atom stereocenters. The molecule has 0 fully saturated rings. The second-order valence-electron chi connectivity index (χ2n) is 17.8. The summed E-state index contributed by atoms with van der Waals surface area (Å²) in [5, 5.41) is 4.29. The summed E-state index contributed by atoms with van der Waals surface area (Å²) in [6.45, 7) is 6.08. The quantitative estimate of drug-likeness (QED) is 0.0360. The first-order chi connectivity index (χ1) is 33.7. The monoisotopic (exact) mass is 974 g/mol. The van der Waals surface area contributed by atoms with E-state index in [0.717, 1.165) is 70.9 Å². The number of benzene rings is 3. The molecular formula is C62H70O2S4. The van der Waals surface area contributed by atoms with E-state index >= 15 is 0 Å². The topological polar surface area (TPSA) is 18.5 Å². The number of ether oxygens (including phenoxy) is 2. The zero-order valence-electron chi connectivity index (χ0n) is 40.6. The molecule has 0 spiro atoms. The van der Waals surface area contributed by atoms with Gasteiger partial charge in [-0.05, 0) is 121 Å². The van der Waals surface area contributed by atoms with E-state index in [1.54, 1.807) is 22.7 Å². The molecule has 0 saturated carbocycles. The van der Waals surface area contributed by atoms with E-state index in [-0.39, 0.29) is 0 Å². The molecule has 0 bridgehead atoms. The molecule has 0 N–H and O–H groups in total. The van der Waals surface area contributed by atoms with Crippen molar-refractivity contribution in [3.8, 4) is 75.6 Å². The minimum Gasteiger partial charge on any atom is -0.494 e. The van der Waals surface area contributed by atoms with E-state index in [1.807, 2.05) is 22.7 Å². The second kappa shape index (κ2) is 29.3. The third kappa shape index (κ3) is 16.7. The molecule has 4 heterocycles. The van der Waals surface area contributed by atoms with Crippen LogP contribution < -0.4 is 9.47 Å². The van der Waals surface area contributed by atoms with Crippen molar-refractivity contribution >= 4 is 45.3 Å². The van der Waals surface area contributed by atoms with Crippen LogP contribution >= 0.6 is 45.3 Å². The molecular weight excluding hydrogens is 905 g/mol. The van der Waals surface area contributed by atoms with E-state index in [2.05, 4.69) is 157 Å². The van der Waals surface area contributed by atoms with Crippen molar-refractivity contribution in [3.63, 3.8) is 0 Å². The molecule has 0 saturated heterocycles. The SMILES string of the molecule is CCCCCCCCCCCCOc1ccc(C#Cc2cc(C#Cc3ccc(OCCCCCCCCCCCC)cc3)c(-c3ccc(-c4cccs4)s3)cc2-c2ccc(-c3cccs3)s2)cc1. The van der Waals surface area contributed by atoms with Crippen molar-refractivity contribution in [2.75, 3.05) is 13.2 Å². The van der Waals surface area contributed by atoms with Crippen molar-refractivity contribution in [2.24, 2.45) is 0 Å². The highest BCUT2D eigenvalue weighted by Gasteiger charge is 2.16. The standard InChI is InChI=1S/C62H70O2S4/c1-3-5-7-9-11-13-15-17-19-21-43-63-53-35-29-49(30-36-53)27-33-51-47-52(34-28-50-31-37-54(38-32-50)64-44-22-20-18-16-14-12-10-8-6-4-2)56(58-40-42-62(68-58)60-26-24-46-66-60)48-55(51)57-39-41-61(67-57)59-25-23-45-65-59/h23-26,29-32,35-42,45-48H,3-22,43-44H2,1-2H3. The Morgan fingerprint density at radius 2 is 0.721 bits per heavy atom. The minimum absolute atomic E-state index is 0.756. The largest absolute Gasteiger partial charge is 0.494 e. The third-order valence-corrected chi connectivity index (χ3v) is 16.7. The average Bonchev–Trinajstić information content (AvgIpc) is 4.23. The first kappa shape index (κ1) is 51.0. The zero-order valence-corrected chi connectivity index (χ0v) is 43.8. The fraction of sp³-hybridized carbons (Fsp3) is 0.387. The highest BCUT2D eigenvalue weighted by atomic mass is 32.1. The number of thiophene rings is 4. The van der Waals surface area contributed by atoms with Gasteiger partial charge in [-0.2, -0.15) is 0 Å². The zero-order chi connectivity index (χ0) is 46.9. The van der Waals surface area contributed by atoms with Gasteiger partial charge in [0.2, 0.25) is 0 Å². The van der Waals surface area contributed by atoms with Gasteiger partial charge in [-0.3, -0.25) is 0 Å². The summed E-state index contributed by atoms with van der Waals surface area (Å²) in [5.41, 5.74) is 6.08. The van der Waals surface area contributed by atoms with Crippen LogP contribution in [-0.2, 0) is 0 Å². The maximum atomic E-state index is 6.15. The van der Waals surface area contributed by atoms with Crippen molar-refractivity contribution in [3.05, 3.63) is 142 Å². The van der Waals surface area contributed by atoms with Crippen LogP contribution in [0.25, 0.3) is 40.4 Å². The molecule has 7 rings (SSSR count). The fourth-order valence-corrected chi connectivity index (χ4v) is 12.1. The van der Waals surface area contributed by atoms with E-state index < -0.39 is 0 Å². The van der Waals surface area contributed by atoms with E-state index in [0.29, 0.717) is 0 Å². The Labute approximate surface area is 425 Å². The Morgan fingerprint density at radius 1 is 0.353 bits per heavy atom. The lowest BCUT2D eigenvalue weighted by Gasteiger charge is -2.10. The maximum absolute atomic E-state index is 6.15. The Balaban J connectivity index is 1.07. The first-order valence-corrected chi connectivity index (χ1v) is 29.0. The molecule has 0 aliphatic heterocycles. The first-order valence-electron chi connectivity index (χ1n) is 25.6. The van der Waals surface area contributed by atoms with Crippen molar-refractivity contribution in [1.29, 1.82) is 0 Å². The molecule has 3 aromatic carbocycles. The molecule has 4 aromatic heterocycles. The smallest absolute Gasteiger partial charge is 0.119 e. The van der Waals surface area contributed by atoms with Crippen LogP contribution in [0.5, 0.6) is 11.5 Å². The van der Waals surface area contributed by atoms with Crippen molar-refractivity contribution in [2.45, 2.75) is 142 Å². The van der Waals surface area contributed by atoms with E-state index in [1.165, 1.54) is 145 Å². The average molecular weight is 976 g/mol. The lowest BCUT2D eigenvalue weighted by atomic mass is 9.96. The van der Waals surface area contributed by atoms with Gasteiger partial charge in [0.1, 0.15) is 11.5 Å². The molecule has 7 aromatic rings. The molecule has 0 aliphatic rings. The lowest BCUT2D eigenvalue weighted by molar-refractivity contribution is 0.304. The van der Waals surface area contributed by atoms with Crippen LogP contribution in [0.1, 0.15) is 165 Å². The predicted molar refractivity (Wildman–Crippen MR) is 299 cm³/mol. The highest BCUT2D eigenvalue weighted by molar-refractivity contribution is 7.24. The minimum atomic E-state index is 0.756. The summed E-state index contributed by atoms with van der Waals surface area (Å²) in [6.07, 6.45) is 26.4. The van der Waals surface area contributed by atoms with Gasteiger partial charge in [-0.15, -0.1) is 45.3 Å².